The Morgan fingerprint density at radius 2 is 2.27 bits per heavy atom. The number of morpholine rings is 1. The molecule has 0 aromatic rings. The maximum atomic E-state index is 5.64. The molecule has 2 aliphatic rings. The van der Waals surface area contributed by atoms with Gasteiger partial charge in [0.25, 0.3) is 0 Å². The van der Waals surface area contributed by atoms with Crippen molar-refractivity contribution >= 4 is 0 Å². The van der Waals surface area contributed by atoms with Gasteiger partial charge in [0, 0.05) is 19.1 Å². The first-order valence-corrected chi connectivity index (χ1v) is 4.52. The van der Waals surface area contributed by atoms with Gasteiger partial charge in [-0.05, 0) is 19.4 Å². The SMILES string of the molecule is C1CNC(C2CNCCO2)C1. The van der Waals surface area contributed by atoms with Crippen LogP contribution in [0.5, 0.6) is 0 Å². The number of nitrogens with one attached hydrogen (secondary N) is 2. The van der Waals surface area contributed by atoms with Gasteiger partial charge in [-0.1, -0.05) is 0 Å². The molecule has 2 heterocycles. The number of hydrogen-bond acceptors (Lipinski definition) is 3. The van der Waals surface area contributed by atoms with Crippen molar-refractivity contribution in [2.24, 2.45) is 0 Å². The molecule has 0 saturated carbocycles. The van der Waals surface area contributed by atoms with Gasteiger partial charge in [-0.2, -0.15) is 0 Å². The van der Waals surface area contributed by atoms with E-state index in [1.54, 1.807) is 0 Å². The van der Waals surface area contributed by atoms with Gasteiger partial charge in [0.15, 0.2) is 0 Å². The standard InChI is InChI=1S/C8H16N2O/c1-2-7(10-3-1)8-6-9-4-5-11-8/h7-10H,1-6H2. The molecule has 0 spiro atoms. The van der Waals surface area contributed by atoms with E-state index in [4.69, 9.17) is 4.74 Å². The molecule has 2 fully saturated rings. The van der Waals surface area contributed by atoms with Crippen LogP contribution in [-0.2, 0) is 4.74 Å². The Kier molecular flexibility index (Phi) is 2.41. The summed E-state index contributed by atoms with van der Waals surface area (Å²) in [6, 6.07) is 0.614. The van der Waals surface area contributed by atoms with Crippen molar-refractivity contribution in [3.8, 4) is 0 Å². The largest absolute Gasteiger partial charge is 0.374 e. The maximum Gasteiger partial charge on any atom is 0.0852 e. The van der Waals surface area contributed by atoms with E-state index in [0.717, 1.165) is 19.7 Å². The average molecular weight is 156 g/mol. The summed E-state index contributed by atoms with van der Waals surface area (Å²) in [6.45, 7) is 4.09. The van der Waals surface area contributed by atoms with Gasteiger partial charge in [-0.3, -0.25) is 0 Å². The Morgan fingerprint density at radius 3 is 2.91 bits per heavy atom. The Morgan fingerprint density at radius 1 is 1.27 bits per heavy atom. The van der Waals surface area contributed by atoms with Gasteiger partial charge < -0.3 is 15.4 Å². The van der Waals surface area contributed by atoms with Gasteiger partial charge in [-0.15, -0.1) is 0 Å². The molecule has 2 rings (SSSR count). The van der Waals surface area contributed by atoms with Crippen molar-refractivity contribution in [2.45, 2.75) is 25.0 Å². The summed E-state index contributed by atoms with van der Waals surface area (Å²) < 4.78 is 5.64. The van der Waals surface area contributed by atoms with Crippen LogP contribution in [0, 0.1) is 0 Å². The first-order chi connectivity index (χ1) is 5.47. The first kappa shape index (κ1) is 7.53. The molecule has 3 heteroatoms. The van der Waals surface area contributed by atoms with Crippen molar-refractivity contribution < 1.29 is 4.74 Å². The highest BCUT2D eigenvalue weighted by atomic mass is 16.5. The molecule has 64 valence electrons. The van der Waals surface area contributed by atoms with Crippen LogP contribution in [-0.4, -0.2) is 38.4 Å². The van der Waals surface area contributed by atoms with Crippen LogP contribution in [0.15, 0.2) is 0 Å². The zero-order valence-corrected chi connectivity index (χ0v) is 6.81. The molecule has 0 aromatic carbocycles. The lowest BCUT2D eigenvalue weighted by molar-refractivity contribution is 0.00850. The van der Waals surface area contributed by atoms with E-state index in [0.29, 0.717) is 12.1 Å². The number of rotatable bonds is 1. The summed E-state index contributed by atoms with van der Waals surface area (Å²) in [4.78, 5) is 0. The van der Waals surface area contributed by atoms with Gasteiger partial charge in [0.2, 0.25) is 0 Å². The monoisotopic (exact) mass is 156 g/mol. The molecule has 2 aliphatic heterocycles. The third-order valence-corrected chi connectivity index (χ3v) is 2.50. The molecule has 0 bridgehead atoms. The first-order valence-electron chi connectivity index (χ1n) is 4.52. The van der Waals surface area contributed by atoms with Crippen molar-refractivity contribution in [3.63, 3.8) is 0 Å². The van der Waals surface area contributed by atoms with E-state index in [1.165, 1.54) is 19.4 Å². The topological polar surface area (TPSA) is 33.3 Å². The van der Waals surface area contributed by atoms with Crippen molar-refractivity contribution in [2.75, 3.05) is 26.2 Å². The highest BCUT2D eigenvalue weighted by Crippen LogP contribution is 2.12. The fourth-order valence-corrected chi connectivity index (χ4v) is 1.87. The van der Waals surface area contributed by atoms with E-state index in [-0.39, 0.29) is 0 Å². The molecule has 3 nitrogen and oxygen atoms in total. The molecule has 0 aliphatic carbocycles. The number of ether oxygens (including phenoxy) is 1. The summed E-state index contributed by atoms with van der Waals surface area (Å²) in [5.74, 6) is 0. The summed E-state index contributed by atoms with van der Waals surface area (Å²) in [5, 5.41) is 6.81. The molecule has 2 atom stereocenters. The molecule has 2 saturated heterocycles. The smallest absolute Gasteiger partial charge is 0.0852 e. The van der Waals surface area contributed by atoms with Crippen molar-refractivity contribution in [1.82, 2.24) is 10.6 Å². The van der Waals surface area contributed by atoms with Crippen LogP contribution in [0.25, 0.3) is 0 Å². The van der Waals surface area contributed by atoms with E-state index in [9.17, 15) is 0 Å². The highest BCUT2D eigenvalue weighted by molar-refractivity contribution is 4.85. The molecule has 11 heavy (non-hydrogen) atoms. The lowest BCUT2D eigenvalue weighted by Crippen LogP contribution is -2.48. The Balaban J connectivity index is 1.82. The van der Waals surface area contributed by atoms with Crippen LogP contribution < -0.4 is 10.6 Å². The number of hydrogen-bond donors (Lipinski definition) is 2. The summed E-state index contributed by atoms with van der Waals surface area (Å²) in [5.41, 5.74) is 0. The van der Waals surface area contributed by atoms with Gasteiger partial charge >= 0.3 is 0 Å². The highest BCUT2D eigenvalue weighted by Gasteiger charge is 2.26. The summed E-state index contributed by atoms with van der Waals surface area (Å²) in [6.07, 6.45) is 3.02. The Hall–Kier alpha value is -0.120. The van der Waals surface area contributed by atoms with Crippen molar-refractivity contribution in [1.29, 1.82) is 0 Å². The molecule has 0 amide bonds. The second-order valence-electron chi connectivity index (χ2n) is 3.32. The minimum absolute atomic E-state index is 0.422. The Bertz CT molecular complexity index is 117. The van der Waals surface area contributed by atoms with Crippen LogP contribution in [0.4, 0.5) is 0 Å². The molecule has 0 aromatic heterocycles. The third-order valence-electron chi connectivity index (χ3n) is 2.50. The fourth-order valence-electron chi connectivity index (χ4n) is 1.87. The molecular weight excluding hydrogens is 140 g/mol. The summed E-state index contributed by atoms with van der Waals surface area (Å²) >= 11 is 0. The predicted molar refractivity (Wildman–Crippen MR) is 43.6 cm³/mol. The van der Waals surface area contributed by atoms with Crippen LogP contribution in [0.1, 0.15) is 12.8 Å². The zero-order valence-electron chi connectivity index (χ0n) is 6.81. The lowest BCUT2D eigenvalue weighted by Gasteiger charge is -2.28. The Labute approximate surface area is 67.5 Å². The average Bonchev–Trinajstić information content (AvgIpc) is 2.58. The van der Waals surface area contributed by atoms with Gasteiger partial charge in [-0.25, -0.2) is 0 Å². The van der Waals surface area contributed by atoms with Crippen LogP contribution in [0.3, 0.4) is 0 Å². The fraction of sp³-hybridized carbons (Fsp3) is 1.00. The normalized spacial score (nSPS) is 39.3. The predicted octanol–water partition coefficient (Wildman–Crippen LogP) is -0.273. The third kappa shape index (κ3) is 1.72. The molecular formula is C8H16N2O. The van der Waals surface area contributed by atoms with Crippen LogP contribution in [0.2, 0.25) is 0 Å². The molecule has 2 N–H and O–H groups in total. The summed E-state index contributed by atoms with van der Waals surface area (Å²) in [7, 11) is 0. The van der Waals surface area contributed by atoms with E-state index in [2.05, 4.69) is 10.6 Å². The molecule has 2 unspecified atom stereocenters. The molecule has 0 radical (unpaired) electrons. The quantitative estimate of drug-likeness (QED) is 0.548. The van der Waals surface area contributed by atoms with Gasteiger partial charge in [0.1, 0.15) is 0 Å². The second kappa shape index (κ2) is 3.52. The lowest BCUT2D eigenvalue weighted by atomic mass is 10.1. The van der Waals surface area contributed by atoms with Crippen molar-refractivity contribution in [3.05, 3.63) is 0 Å². The second-order valence-corrected chi connectivity index (χ2v) is 3.32. The minimum atomic E-state index is 0.422. The van der Waals surface area contributed by atoms with E-state index < -0.39 is 0 Å². The van der Waals surface area contributed by atoms with E-state index >= 15 is 0 Å². The van der Waals surface area contributed by atoms with E-state index in [1.807, 2.05) is 0 Å². The maximum absolute atomic E-state index is 5.64. The van der Waals surface area contributed by atoms with Crippen LogP contribution >= 0.6 is 0 Å². The van der Waals surface area contributed by atoms with Gasteiger partial charge in [0.05, 0.1) is 12.7 Å². The zero-order chi connectivity index (χ0) is 7.52. The minimum Gasteiger partial charge on any atom is -0.374 e.